The van der Waals surface area contributed by atoms with E-state index >= 15 is 0 Å². The summed E-state index contributed by atoms with van der Waals surface area (Å²) in [5, 5.41) is 2.73. The Labute approximate surface area is 186 Å². The molecule has 1 fully saturated rings. The van der Waals surface area contributed by atoms with Crippen LogP contribution in [0.3, 0.4) is 0 Å². The fraction of sp³-hybridized carbons (Fsp3) is 0.640. The number of esters is 1. The topological polar surface area (TPSA) is 75.7 Å². The molecule has 1 aliphatic rings. The summed E-state index contributed by atoms with van der Waals surface area (Å²) < 4.78 is 5.29. The van der Waals surface area contributed by atoms with E-state index in [4.69, 9.17) is 4.74 Å². The van der Waals surface area contributed by atoms with Crippen LogP contribution >= 0.6 is 0 Å². The molecule has 1 aromatic carbocycles. The first-order valence-corrected chi connectivity index (χ1v) is 11.9. The molecule has 0 spiro atoms. The first-order valence-electron chi connectivity index (χ1n) is 11.9. The molecule has 1 N–H and O–H groups in total. The molecule has 0 aliphatic carbocycles. The first kappa shape index (κ1) is 24.9. The van der Waals surface area contributed by atoms with Crippen molar-refractivity contribution >= 4 is 17.8 Å². The van der Waals surface area contributed by atoms with Crippen molar-refractivity contribution in [2.24, 2.45) is 0 Å². The molecule has 0 radical (unpaired) electrons. The van der Waals surface area contributed by atoms with Crippen molar-refractivity contribution in [2.75, 3.05) is 19.7 Å². The molecule has 1 heterocycles. The second kappa shape index (κ2) is 14.6. The number of unbranched alkanes of at least 4 members (excludes halogenated alkanes) is 9. The van der Waals surface area contributed by atoms with Crippen LogP contribution in [0.2, 0.25) is 0 Å². The molecule has 1 aliphatic heterocycles. The van der Waals surface area contributed by atoms with Crippen LogP contribution in [0.15, 0.2) is 30.3 Å². The van der Waals surface area contributed by atoms with E-state index in [1.807, 2.05) is 30.3 Å². The second-order valence-electron chi connectivity index (χ2n) is 8.41. The van der Waals surface area contributed by atoms with Gasteiger partial charge in [0.25, 0.3) is 0 Å². The lowest BCUT2D eigenvalue weighted by Gasteiger charge is -2.31. The Morgan fingerprint density at radius 2 is 1.58 bits per heavy atom. The number of hydrogen-bond donors (Lipinski definition) is 1. The maximum absolute atomic E-state index is 12.7. The Morgan fingerprint density at radius 1 is 0.968 bits per heavy atom. The van der Waals surface area contributed by atoms with Gasteiger partial charge in [-0.15, -0.1) is 0 Å². The fourth-order valence-electron chi connectivity index (χ4n) is 3.87. The number of nitrogens with one attached hydrogen (secondary N) is 1. The van der Waals surface area contributed by atoms with E-state index in [0.717, 1.165) is 24.8 Å². The van der Waals surface area contributed by atoms with Gasteiger partial charge in [0, 0.05) is 6.42 Å². The van der Waals surface area contributed by atoms with Gasteiger partial charge in [0.1, 0.15) is 19.1 Å². The number of nitrogens with zero attached hydrogens (tertiary/aromatic N) is 1. The quantitative estimate of drug-likeness (QED) is 0.337. The molecular formula is C25H38N2O4. The summed E-state index contributed by atoms with van der Waals surface area (Å²) >= 11 is 0. The monoisotopic (exact) mass is 430 g/mol. The van der Waals surface area contributed by atoms with E-state index in [2.05, 4.69) is 12.2 Å². The SMILES string of the molecule is CCCCCCCCCCCCOC(=O)CN1CC(=O)NC(Cc2ccccc2)C1=O. The predicted molar refractivity (Wildman–Crippen MR) is 121 cm³/mol. The summed E-state index contributed by atoms with van der Waals surface area (Å²) in [5.41, 5.74) is 0.964. The van der Waals surface area contributed by atoms with E-state index in [9.17, 15) is 14.4 Å². The van der Waals surface area contributed by atoms with Gasteiger partial charge >= 0.3 is 5.97 Å². The lowest BCUT2D eigenvalue weighted by molar-refractivity contribution is -0.153. The zero-order valence-corrected chi connectivity index (χ0v) is 18.9. The average Bonchev–Trinajstić information content (AvgIpc) is 2.76. The molecule has 1 saturated heterocycles. The lowest BCUT2D eigenvalue weighted by atomic mass is 10.0. The third-order valence-corrected chi connectivity index (χ3v) is 5.64. The second-order valence-corrected chi connectivity index (χ2v) is 8.41. The van der Waals surface area contributed by atoms with Gasteiger partial charge in [-0.2, -0.15) is 0 Å². The average molecular weight is 431 g/mol. The molecule has 1 unspecified atom stereocenters. The zero-order valence-electron chi connectivity index (χ0n) is 18.9. The van der Waals surface area contributed by atoms with Crippen LogP contribution in [0, 0.1) is 0 Å². The maximum atomic E-state index is 12.7. The van der Waals surface area contributed by atoms with Crippen LogP contribution < -0.4 is 5.32 Å². The van der Waals surface area contributed by atoms with E-state index in [0.29, 0.717) is 13.0 Å². The largest absolute Gasteiger partial charge is 0.464 e. The van der Waals surface area contributed by atoms with E-state index in [1.165, 1.54) is 49.8 Å². The Bertz CT molecular complexity index is 677. The number of amides is 2. The van der Waals surface area contributed by atoms with Gasteiger partial charge in [-0.05, 0) is 12.0 Å². The first-order chi connectivity index (χ1) is 15.1. The van der Waals surface area contributed by atoms with Crippen molar-refractivity contribution in [3.63, 3.8) is 0 Å². The molecule has 1 atom stereocenters. The maximum Gasteiger partial charge on any atom is 0.325 e. The van der Waals surface area contributed by atoms with Gasteiger partial charge < -0.3 is 15.0 Å². The summed E-state index contributed by atoms with van der Waals surface area (Å²) in [6, 6.07) is 8.89. The number of benzene rings is 1. The van der Waals surface area contributed by atoms with E-state index in [-0.39, 0.29) is 24.9 Å². The number of hydrogen-bond acceptors (Lipinski definition) is 4. The van der Waals surface area contributed by atoms with Crippen molar-refractivity contribution in [3.05, 3.63) is 35.9 Å². The third-order valence-electron chi connectivity index (χ3n) is 5.64. The van der Waals surface area contributed by atoms with Crippen molar-refractivity contribution in [2.45, 2.75) is 83.6 Å². The highest BCUT2D eigenvalue weighted by Crippen LogP contribution is 2.12. The summed E-state index contributed by atoms with van der Waals surface area (Å²) in [5.74, 6) is -0.931. The molecule has 172 valence electrons. The molecule has 1 aromatic rings. The highest BCUT2D eigenvalue weighted by atomic mass is 16.5. The van der Waals surface area contributed by atoms with Crippen molar-refractivity contribution in [1.29, 1.82) is 0 Å². The van der Waals surface area contributed by atoms with Gasteiger partial charge in [-0.25, -0.2) is 0 Å². The van der Waals surface area contributed by atoms with Gasteiger partial charge in [-0.1, -0.05) is 95.0 Å². The number of rotatable bonds is 15. The Morgan fingerprint density at radius 3 is 2.23 bits per heavy atom. The van der Waals surface area contributed by atoms with Crippen LogP contribution in [-0.4, -0.2) is 48.4 Å². The summed E-state index contributed by atoms with van der Waals surface area (Å²) in [6.07, 6.45) is 12.6. The number of carbonyl (C=O) groups is 3. The minimum atomic E-state index is -0.640. The molecule has 0 saturated carbocycles. The van der Waals surface area contributed by atoms with E-state index in [1.54, 1.807) is 0 Å². The fourth-order valence-corrected chi connectivity index (χ4v) is 3.87. The van der Waals surface area contributed by atoms with Crippen LogP contribution in [0.25, 0.3) is 0 Å². The highest BCUT2D eigenvalue weighted by molar-refractivity contribution is 5.96. The summed E-state index contributed by atoms with van der Waals surface area (Å²) in [7, 11) is 0. The third kappa shape index (κ3) is 9.99. The molecule has 2 amide bonds. The molecule has 6 nitrogen and oxygen atoms in total. The highest BCUT2D eigenvalue weighted by Gasteiger charge is 2.33. The normalized spacial score (nSPS) is 16.3. The minimum Gasteiger partial charge on any atom is -0.464 e. The predicted octanol–water partition coefficient (Wildman–Crippen LogP) is 4.02. The number of ether oxygens (including phenoxy) is 1. The molecule has 6 heteroatoms. The molecule has 2 rings (SSSR count). The molecular weight excluding hydrogens is 392 g/mol. The van der Waals surface area contributed by atoms with E-state index < -0.39 is 12.0 Å². The van der Waals surface area contributed by atoms with Gasteiger partial charge in [0.2, 0.25) is 11.8 Å². The summed E-state index contributed by atoms with van der Waals surface area (Å²) in [4.78, 5) is 38.1. The van der Waals surface area contributed by atoms with Crippen molar-refractivity contribution < 1.29 is 19.1 Å². The lowest BCUT2D eigenvalue weighted by Crippen LogP contribution is -2.59. The zero-order chi connectivity index (χ0) is 22.3. The van der Waals surface area contributed by atoms with Crippen molar-refractivity contribution in [3.8, 4) is 0 Å². The Kier molecular flexibility index (Phi) is 11.7. The van der Waals surface area contributed by atoms with Crippen LogP contribution in [0.5, 0.6) is 0 Å². The Hall–Kier alpha value is -2.37. The standard InChI is InChI=1S/C25H38N2O4/c1-2-3-4-5-6-7-8-9-10-14-17-31-24(29)20-27-19-23(28)26-22(25(27)30)18-21-15-12-11-13-16-21/h11-13,15-16,22H,2-10,14,17-20H2,1H3,(H,26,28). The Balaban J connectivity index is 1.59. The van der Waals surface area contributed by atoms with Crippen LogP contribution in [0.4, 0.5) is 0 Å². The number of carbonyl (C=O) groups excluding carboxylic acids is 3. The molecule has 31 heavy (non-hydrogen) atoms. The minimum absolute atomic E-state index is 0.0997. The van der Waals surface area contributed by atoms with Gasteiger partial charge in [-0.3, -0.25) is 14.4 Å². The van der Waals surface area contributed by atoms with Gasteiger partial charge in [0.15, 0.2) is 0 Å². The number of piperazine rings is 1. The van der Waals surface area contributed by atoms with Crippen LogP contribution in [-0.2, 0) is 25.5 Å². The molecule has 0 bridgehead atoms. The smallest absolute Gasteiger partial charge is 0.325 e. The summed E-state index contributed by atoms with van der Waals surface area (Å²) in [6.45, 7) is 2.33. The molecule has 0 aromatic heterocycles. The van der Waals surface area contributed by atoms with Crippen LogP contribution in [0.1, 0.15) is 76.7 Å². The van der Waals surface area contributed by atoms with Crippen molar-refractivity contribution in [1.82, 2.24) is 10.2 Å². The van der Waals surface area contributed by atoms with Gasteiger partial charge in [0.05, 0.1) is 6.61 Å².